The van der Waals surface area contributed by atoms with Crippen molar-refractivity contribution in [2.45, 2.75) is 71.2 Å². The molecule has 4 amide bonds. The highest BCUT2D eigenvalue weighted by Gasteiger charge is 2.28. The van der Waals surface area contributed by atoms with Crippen molar-refractivity contribution in [3.8, 4) is 0 Å². The number of carbonyl (C=O) groups is 5. The lowest BCUT2D eigenvalue weighted by Crippen LogP contribution is -2.58. The summed E-state index contributed by atoms with van der Waals surface area (Å²) in [7, 11) is 0. The van der Waals surface area contributed by atoms with Gasteiger partial charge in [0.25, 0.3) is 0 Å². The van der Waals surface area contributed by atoms with E-state index in [1.807, 2.05) is 6.26 Å². The summed E-state index contributed by atoms with van der Waals surface area (Å²) in [4.78, 5) is 61.7. The molecule has 0 saturated heterocycles. The van der Waals surface area contributed by atoms with Crippen LogP contribution in [0.25, 0.3) is 0 Å². The minimum Gasteiger partial charge on any atom is -0.478 e. The molecule has 2 atom stereocenters. The summed E-state index contributed by atoms with van der Waals surface area (Å²) in [5.74, 6) is -2.40. The van der Waals surface area contributed by atoms with Crippen molar-refractivity contribution in [2.75, 3.05) is 18.6 Å². The maximum Gasteiger partial charge on any atom is 0.426 e. The molecule has 13 heteroatoms. The fraction of sp³-hybridized carbons (Fsp3) is 0.560. The number of benzene rings is 1. The average molecular weight is 555 g/mol. The second-order valence-electron chi connectivity index (χ2n) is 9.59. The van der Waals surface area contributed by atoms with Crippen molar-refractivity contribution in [3.05, 3.63) is 35.9 Å². The molecule has 0 aromatic heterocycles. The zero-order chi connectivity index (χ0) is 28.9. The second kappa shape index (κ2) is 15.7. The van der Waals surface area contributed by atoms with Crippen LogP contribution in [0.1, 0.15) is 46.6 Å². The first-order valence-corrected chi connectivity index (χ1v) is 13.4. The Hall–Kier alpha value is -3.48. The van der Waals surface area contributed by atoms with E-state index in [-0.39, 0.29) is 12.8 Å². The molecular formula is C25H38N4O8S. The molecule has 12 nitrogen and oxygen atoms in total. The Balaban J connectivity index is 2.78. The van der Waals surface area contributed by atoms with Gasteiger partial charge in [0, 0.05) is 12.5 Å². The Kier molecular flexibility index (Phi) is 13.4. The van der Waals surface area contributed by atoms with E-state index in [1.54, 1.807) is 65.0 Å². The topological polar surface area (TPSA) is 163 Å². The summed E-state index contributed by atoms with van der Waals surface area (Å²) < 4.78 is 10.2. The van der Waals surface area contributed by atoms with Crippen molar-refractivity contribution in [3.63, 3.8) is 0 Å². The van der Waals surface area contributed by atoms with Crippen LogP contribution >= 0.6 is 11.8 Å². The maximum atomic E-state index is 12.9. The quantitative estimate of drug-likeness (QED) is 0.224. The number of rotatable bonds is 12. The van der Waals surface area contributed by atoms with Crippen LogP contribution < -0.4 is 16.1 Å². The third-order valence-corrected chi connectivity index (χ3v) is 5.43. The molecule has 0 unspecified atom stereocenters. The standard InChI is InChI=1S/C25H38N4O8S/c1-16(2)29(28-24(35)37-25(3,4)5)23(34)27-18(12-13-38-6)21(31)26-15-20(30)36-19(22(32)33)14-17-10-8-7-9-11-17/h7-11,16,18-19H,12-15H2,1-6H3,(H,26,31)(H,27,34)(H,28,35)(H,32,33)/t18-,19-/m0/s1. The Bertz CT molecular complexity index is 952. The van der Waals surface area contributed by atoms with Crippen molar-refractivity contribution in [2.24, 2.45) is 0 Å². The van der Waals surface area contributed by atoms with E-state index in [4.69, 9.17) is 9.47 Å². The zero-order valence-electron chi connectivity index (χ0n) is 22.6. The molecule has 0 spiro atoms. The molecular weight excluding hydrogens is 516 g/mol. The fourth-order valence-corrected chi connectivity index (χ4v) is 3.50. The lowest BCUT2D eigenvalue weighted by molar-refractivity contribution is -0.163. The van der Waals surface area contributed by atoms with Gasteiger partial charge >= 0.3 is 24.1 Å². The van der Waals surface area contributed by atoms with E-state index in [2.05, 4.69) is 16.1 Å². The van der Waals surface area contributed by atoms with Crippen LogP contribution in [0.5, 0.6) is 0 Å². The average Bonchev–Trinajstić information content (AvgIpc) is 2.82. The van der Waals surface area contributed by atoms with Gasteiger partial charge in [-0.2, -0.15) is 11.8 Å². The number of hydrogen-bond acceptors (Lipinski definition) is 8. The van der Waals surface area contributed by atoms with Gasteiger partial charge in [-0.3, -0.25) is 9.59 Å². The van der Waals surface area contributed by atoms with Crippen molar-refractivity contribution in [1.82, 2.24) is 21.1 Å². The number of carbonyl (C=O) groups excluding carboxylic acids is 4. The van der Waals surface area contributed by atoms with E-state index >= 15 is 0 Å². The monoisotopic (exact) mass is 554 g/mol. The number of hydrogen-bond donors (Lipinski definition) is 4. The molecule has 212 valence electrons. The molecule has 1 rings (SSSR count). The third kappa shape index (κ3) is 12.7. The van der Waals surface area contributed by atoms with Crippen LogP contribution in [0.4, 0.5) is 9.59 Å². The van der Waals surface area contributed by atoms with Crippen LogP contribution in [-0.2, 0) is 30.3 Å². The normalized spacial score (nSPS) is 12.6. The summed E-state index contributed by atoms with van der Waals surface area (Å²) in [6, 6.07) is 6.42. The summed E-state index contributed by atoms with van der Waals surface area (Å²) in [5.41, 5.74) is 2.26. The van der Waals surface area contributed by atoms with Crippen molar-refractivity contribution < 1.29 is 38.6 Å². The molecule has 0 aliphatic rings. The van der Waals surface area contributed by atoms with Crippen LogP contribution in [0.3, 0.4) is 0 Å². The van der Waals surface area contributed by atoms with E-state index in [0.717, 1.165) is 5.01 Å². The fourth-order valence-electron chi connectivity index (χ4n) is 3.03. The SMILES string of the molecule is CSCC[C@H](NC(=O)N(NC(=O)OC(C)(C)C)C(C)C)C(=O)NCC(=O)O[C@@H](Cc1ccccc1)C(=O)O. The molecule has 0 bridgehead atoms. The van der Waals surface area contributed by atoms with E-state index in [9.17, 15) is 29.1 Å². The van der Waals surface area contributed by atoms with Gasteiger partial charge in [-0.05, 0) is 58.6 Å². The highest BCUT2D eigenvalue weighted by molar-refractivity contribution is 7.98. The highest BCUT2D eigenvalue weighted by Crippen LogP contribution is 2.09. The van der Waals surface area contributed by atoms with Crippen molar-refractivity contribution in [1.29, 1.82) is 0 Å². The van der Waals surface area contributed by atoms with Crippen molar-refractivity contribution >= 4 is 41.7 Å². The van der Waals surface area contributed by atoms with Crippen LogP contribution in [-0.4, -0.2) is 82.4 Å². The Morgan fingerprint density at radius 1 is 1.08 bits per heavy atom. The Morgan fingerprint density at radius 3 is 2.24 bits per heavy atom. The summed E-state index contributed by atoms with van der Waals surface area (Å²) in [6.07, 6.45) is -0.224. The number of hydrazine groups is 1. The highest BCUT2D eigenvalue weighted by atomic mass is 32.2. The number of nitrogens with zero attached hydrogens (tertiary/aromatic N) is 1. The maximum absolute atomic E-state index is 12.9. The molecule has 0 aliphatic heterocycles. The number of carboxylic acid groups (broad SMARTS) is 1. The minimum absolute atomic E-state index is 0.0298. The first-order chi connectivity index (χ1) is 17.7. The molecule has 0 saturated carbocycles. The first kappa shape index (κ1) is 32.5. The van der Waals surface area contributed by atoms with E-state index < -0.39 is 60.3 Å². The first-order valence-electron chi connectivity index (χ1n) is 12.1. The molecule has 38 heavy (non-hydrogen) atoms. The van der Waals surface area contributed by atoms with Gasteiger partial charge in [0.2, 0.25) is 12.0 Å². The number of ether oxygens (including phenoxy) is 2. The van der Waals surface area contributed by atoms with Crippen LogP contribution in [0.2, 0.25) is 0 Å². The van der Waals surface area contributed by atoms with Gasteiger partial charge in [0.15, 0.2) is 0 Å². The summed E-state index contributed by atoms with van der Waals surface area (Å²) in [5, 5.41) is 15.4. The lowest BCUT2D eigenvalue weighted by atomic mass is 10.1. The van der Waals surface area contributed by atoms with Gasteiger partial charge in [-0.25, -0.2) is 24.8 Å². The molecule has 0 radical (unpaired) electrons. The van der Waals surface area contributed by atoms with Gasteiger partial charge in [-0.1, -0.05) is 30.3 Å². The molecule has 1 aromatic carbocycles. The molecule has 0 fully saturated rings. The predicted molar refractivity (Wildman–Crippen MR) is 142 cm³/mol. The van der Waals surface area contributed by atoms with E-state index in [0.29, 0.717) is 11.3 Å². The number of esters is 1. The molecule has 4 N–H and O–H groups in total. The number of thioether (sulfide) groups is 1. The summed E-state index contributed by atoms with van der Waals surface area (Å²) >= 11 is 1.45. The largest absolute Gasteiger partial charge is 0.478 e. The lowest BCUT2D eigenvalue weighted by Gasteiger charge is -2.30. The number of nitrogens with one attached hydrogen (secondary N) is 3. The Labute approximate surface area is 227 Å². The predicted octanol–water partition coefficient (Wildman–Crippen LogP) is 2.32. The van der Waals surface area contributed by atoms with Gasteiger partial charge in [-0.15, -0.1) is 0 Å². The number of aliphatic carboxylic acids is 1. The van der Waals surface area contributed by atoms with Gasteiger partial charge in [0.1, 0.15) is 18.2 Å². The smallest absolute Gasteiger partial charge is 0.426 e. The number of urea groups is 1. The van der Waals surface area contributed by atoms with Crippen LogP contribution in [0.15, 0.2) is 30.3 Å². The van der Waals surface area contributed by atoms with Crippen LogP contribution in [0, 0.1) is 0 Å². The minimum atomic E-state index is -1.42. The third-order valence-electron chi connectivity index (χ3n) is 4.79. The molecule has 0 aliphatic carbocycles. The second-order valence-corrected chi connectivity index (χ2v) is 10.6. The zero-order valence-corrected chi connectivity index (χ0v) is 23.4. The molecule has 0 heterocycles. The summed E-state index contributed by atoms with van der Waals surface area (Å²) in [6.45, 7) is 7.78. The van der Waals surface area contributed by atoms with E-state index in [1.165, 1.54) is 11.8 Å². The Morgan fingerprint density at radius 2 is 1.71 bits per heavy atom. The number of amides is 4. The molecule has 1 aromatic rings. The van der Waals surface area contributed by atoms with Gasteiger partial charge in [0.05, 0.1) is 0 Å². The van der Waals surface area contributed by atoms with Gasteiger partial charge < -0.3 is 25.2 Å². The number of carboxylic acids is 1.